The molecule has 8 rings (SSSR count). The van der Waals surface area contributed by atoms with Gasteiger partial charge in [0.25, 0.3) is 0 Å². The maximum Gasteiger partial charge on any atom is 0.245 e. The molecule has 24 nitrogen and oxygen atoms in total. The number of fused-ring (bicyclic) bond motifs is 2. The van der Waals surface area contributed by atoms with E-state index in [-0.39, 0.29) is 70.0 Å². The van der Waals surface area contributed by atoms with Gasteiger partial charge in [0, 0.05) is 84.8 Å². The van der Waals surface area contributed by atoms with Crippen molar-refractivity contribution < 1.29 is 53.0 Å². The van der Waals surface area contributed by atoms with Crippen LogP contribution in [0, 0.1) is 11.3 Å². The van der Waals surface area contributed by atoms with Gasteiger partial charge in [-0.05, 0) is 95.0 Å². The van der Waals surface area contributed by atoms with Crippen LogP contribution in [0.2, 0.25) is 5.02 Å². The molecule has 0 aliphatic carbocycles. The Bertz CT molecular complexity index is 4020. The van der Waals surface area contributed by atoms with E-state index in [1.807, 2.05) is 99.0 Å². The topological polar surface area (TPSA) is 373 Å². The largest absolute Gasteiger partial charge is 0.489 e. The highest BCUT2D eigenvalue weighted by molar-refractivity contribution is 6.30. The average molecular weight is 1350 g/mol. The van der Waals surface area contributed by atoms with Gasteiger partial charge in [0.2, 0.25) is 53.5 Å². The Morgan fingerprint density at radius 3 is 1.37 bits per heavy atom. The summed E-state index contributed by atoms with van der Waals surface area (Å²) in [6.45, 7) is 4.44. The maximum absolute atomic E-state index is 15.2. The van der Waals surface area contributed by atoms with Crippen LogP contribution in [0.4, 0.5) is 0 Å². The number of para-hydroxylation sites is 2. The van der Waals surface area contributed by atoms with Gasteiger partial charge >= 0.3 is 0 Å². The van der Waals surface area contributed by atoms with Crippen molar-refractivity contribution in [2.45, 2.75) is 127 Å². The Hall–Kier alpha value is -10.8. The summed E-state index contributed by atoms with van der Waals surface area (Å²) in [5.41, 5.74) is 10.8. The van der Waals surface area contributed by atoms with Gasteiger partial charge in [0.15, 0.2) is 5.96 Å². The van der Waals surface area contributed by atoms with Crippen LogP contribution in [0.15, 0.2) is 170 Å². The molecule has 0 saturated carbocycles. The van der Waals surface area contributed by atoms with Gasteiger partial charge in [0.05, 0.1) is 12.6 Å². The number of halogens is 1. The molecule has 98 heavy (non-hydrogen) atoms. The summed E-state index contributed by atoms with van der Waals surface area (Å²) in [6, 6.07) is 35.3. The van der Waals surface area contributed by atoms with Gasteiger partial charge in [-0.15, -0.1) is 0 Å². The van der Waals surface area contributed by atoms with Crippen LogP contribution in [0.3, 0.4) is 0 Å². The molecule has 25 heteroatoms. The number of nitrogens with two attached hydrogens (primary N) is 1. The Morgan fingerprint density at radius 1 is 0.510 bits per heavy atom. The molecule has 8 amide bonds. The third-order valence-corrected chi connectivity index (χ3v) is 16.5. The second-order valence-corrected chi connectivity index (χ2v) is 24.8. The SMILES string of the molecule is CC(=O)N[C@H](Cc1ccccc1)C(=O)N[C@@H](Cc1ccc(Cl)cc1)C(=O)N[C@H](Cc1c[nH]c2ccccc12)C(=O)N[C@@H](CO)C(=O)N[C@@H](Cc1ccc(OCc2ccccc2)cc1)C(=O)N[C@H](Cc1c[nH]c2ccccc12)C(=O)N[C@@H](CC(C)C)C(=O)N[C@H]([C]=O)CCCNC(=N)N. The first-order chi connectivity index (χ1) is 47.2. The number of aliphatic hydroxyl groups is 1. The van der Waals surface area contributed by atoms with E-state index >= 15 is 9.59 Å². The number of aliphatic hydroxyl groups excluding tert-OH is 1. The molecular formula is C73H83ClN13O11. The Balaban J connectivity index is 1.08. The second kappa shape index (κ2) is 36.3. The smallest absolute Gasteiger partial charge is 0.245 e. The fourth-order valence-electron chi connectivity index (χ4n) is 11.2. The molecule has 0 unspecified atom stereocenters. The molecule has 0 bridgehead atoms. The molecule has 1 radical (unpaired) electrons. The highest BCUT2D eigenvalue weighted by Gasteiger charge is 2.36. The Morgan fingerprint density at radius 2 is 0.908 bits per heavy atom. The molecule has 6 aromatic carbocycles. The van der Waals surface area contributed by atoms with Crippen molar-refractivity contribution in [2.75, 3.05) is 13.2 Å². The number of H-pyrrole nitrogens is 2. The number of amides is 8. The number of aromatic nitrogens is 2. The predicted octanol–water partition coefficient (Wildman–Crippen LogP) is 4.70. The summed E-state index contributed by atoms with van der Waals surface area (Å²) in [5, 5.41) is 45.0. The van der Waals surface area contributed by atoms with E-state index in [9.17, 15) is 38.7 Å². The number of nitrogens with one attached hydrogen (secondary N) is 12. The number of hydrogen-bond acceptors (Lipinski definition) is 12. The summed E-state index contributed by atoms with van der Waals surface area (Å²) < 4.78 is 6.05. The monoisotopic (exact) mass is 1350 g/mol. The zero-order valence-electron chi connectivity index (χ0n) is 54.6. The lowest BCUT2D eigenvalue weighted by Crippen LogP contribution is -2.61. The van der Waals surface area contributed by atoms with Crippen LogP contribution in [-0.2, 0) is 81.9 Å². The Labute approximate surface area is 572 Å². The van der Waals surface area contributed by atoms with Crippen molar-refractivity contribution in [3.8, 4) is 5.75 Å². The average Bonchev–Trinajstić information content (AvgIpc) is 1.64. The molecule has 15 N–H and O–H groups in total. The van der Waals surface area contributed by atoms with Crippen molar-refractivity contribution in [2.24, 2.45) is 11.7 Å². The normalized spacial score (nSPS) is 13.6. The lowest BCUT2D eigenvalue weighted by Gasteiger charge is -2.28. The minimum absolute atomic E-state index is 0.0749. The zero-order valence-corrected chi connectivity index (χ0v) is 55.4. The van der Waals surface area contributed by atoms with Crippen LogP contribution in [0.1, 0.15) is 73.4 Å². The summed E-state index contributed by atoms with van der Waals surface area (Å²) >= 11 is 6.25. The van der Waals surface area contributed by atoms with E-state index in [1.54, 1.807) is 91.3 Å². The van der Waals surface area contributed by atoms with Crippen LogP contribution in [0.5, 0.6) is 5.75 Å². The van der Waals surface area contributed by atoms with E-state index in [1.165, 1.54) is 6.92 Å². The molecule has 513 valence electrons. The second-order valence-electron chi connectivity index (χ2n) is 24.4. The maximum atomic E-state index is 15.2. The van der Waals surface area contributed by atoms with Crippen molar-refractivity contribution in [1.29, 1.82) is 5.41 Å². The molecule has 0 aliphatic heterocycles. The number of benzene rings is 6. The molecular weight excluding hydrogens is 1270 g/mol. The molecule has 0 spiro atoms. The van der Waals surface area contributed by atoms with E-state index in [4.69, 9.17) is 27.5 Å². The third kappa shape index (κ3) is 22.1. The fourth-order valence-corrected chi connectivity index (χ4v) is 11.4. The summed E-state index contributed by atoms with van der Waals surface area (Å²) in [5.74, 6) is -6.28. The highest BCUT2D eigenvalue weighted by atomic mass is 35.5. The molecule has 0 aliphatic rings. The first kappa shape index (κ1) is 73.0. The quantitative estimate of drug-likeness (QED) is 0.0144. The zero-order chi connectivity index (χ0) is 70.1. The van der Waals surface area contributed by atoms with Crippen molar-refractivity contribution in [1.82, 2.24) is 57.8 Å². The van der Waals surface area contributed by atoms with Crippen molar-refractivity contribution in [3.63, 3.8) is 0 Å². The Kier molecular flexibility index (Phi) is 27.0. The molecule has 2 aromatic heterocycles. The first-order valence-corrected chi connectivity index (χ1v) is 32.7. The predicted molar refractivity (Wildman–Crippen MR) is 373 cm³/mol. The summed E-state index contributed by atoms with van der Waals surface area (Å²) in [6.07, 6.45) is 5.22. The van der Waals surface area contributed by atoms with Crippen LogP contribution in [-0.4, -0.2) is 136 Å². The number of hydrogen-bond donors (Lipinski definition) is 14. The lowest BCUT2D eigenvalue weighted by molar-refractivity contribution is -0.136. The van der Waals surface area contributed by atoms with Gasteiger partial charge < -0.3 is 73.4 Å². The van der Waals surface area contributed by atoms with E-state index in [0.717, 1.165) is 22.0 Å². The molecule has 0 fully saturated rings. The number of rotatable bonds is 36. The first-order valence-electron chi connectivity index (χ1n) is 32.3. The van der Waals surface area contributed by atoms with Crippen LogP contribution >= 0.6 is 11.6 Å². The summed E-state index contributed by atoms with van der Waals surface area (Å²) in [7, 11) is 0. The minimum Gasteiger partial charge on any atom is -0.489 e. The van der Waals surface area contributed by atoms with Crippen molar-refractivity contribution in [3.05, 3.63) is 209 Å². The van der Waals surface area contributed by atoms with Gasteiger partial charge in [-0.3, -0.25) is 48.6 Å². The van der Waals surface area contributed by atoms with Gasteiger partial charge in [-0.25, -0.2) is 0 Å². The molecule has 2 heterocycles. The van der Waals surface area contributed by atoms with E-state index in [2.05, 4.69) is 57.8 Å². The number of ether oxygens (including phenoxy) is 1. The lowest BCUT2D eigenvalue weighted by atomic mass is 9.99. The van der Waals surface area contributed by atoms with Crippen molar-refractivity contribution >= 4 is 92.9 Å². The molecule has 0 saturated heterocycles. The summed E-state index contributed by atoms with van der Waals surface area (Å²) in [4.78, 5) is 134. The highest BCUT2D eigenvalue weighted by Crippen LogP contribution is 2.23. The van der Waals surface area contributed by atoms with E-state index < -0.39 is 102 Å². The van der Waals surface area contributed by atoms with Gasteiger partial charge in [-0.1, -0.05) is 147 Å². The molecule has 8 aromatic rings. The van der Waals surface area contributed by atoms with Crippen LogP contribution < -0.4 is 58.3 Å². The number of aromatic amines is 2. The van der Waals surface area contributed by atoms with Gasteiger partial charge in [-0.2, -0.15) is 0 Å². The fraction of sp³-hybridized carbons (Fsp3) is 0.315. The van der Waals surface area contributed by atoms with Gasteiger partial charge in [0.1, 0.15) is 54.6 Å². The standard InChI is InChI=1S/C73H83ClN13O11/c1-44(2)33-59(66(91)81-53(41-88)19-14-32-77-73(75)76)82-70(95)63(37-50-39-78-57-22-12-10-20-55(50)57)85-69(94)62(36-48-26-30-54(31-27-48)98-43-49-17-8-5-9-18-49)84-72(97)65(42-89)87-71(96)64(38-51-40-79-58-23-13-11-21-56(51)58)86-68(93)61(35-47-24-28-52(74)29-25-47)83-67(92)60(80-45(3)90)34-46-15-6-4-7-16-46/h4-13,15-18,20-31,39-40,44,53,59-65,78-79,89H,14,19,32-38,42-43H2,1-3H3,(H,80,90)(H,81,91)(H,82,95)(H,83,92)(H,84,97)(H,85,94)(H,86,93)(H,87,96)(H4,75,76,77)/t53-,59-,60+,61-,62-,63+,64+,65-/m0/s1. The van der Waals surface area contributed by atoms with E-state index in [0.29, 0.717) is 50.3 Å². The minimum atomic E-state index is -1.78. The number of guanidine groups is 1. The molecule has 8 atom stereocenters. The van der Waals surface area contributed by atoms with Crippen LogP contribution in [0.25, 0.3) is 21.8 Å². The number of carbonyl (C=O) groups is 8. The third-order valence-electron chi connectivity index (χ3n) is 16.3. The number of carbonyl (C=O) groups excluding carboxylic acids is 9.